The maximum atomic E-state index is 12.4. The van der Waals surface area contributed by atoms with Gasteiger partial charge in [-0.2, -0.15) is 0 Å². The second kappa shape index (κ2) is 9.61. The molecule has 0 bridgehead atoms. The van der Waals surface area contributed by atoms with Gasteiger partial charge in [0.1, 0.15) is 5.75 Å². The molecule has 0 N–H and O–H groups in total. The zero-order valence-corrected chi connectivity index (χ0v) is 15.5. The first-order valence-corrected chi connectivity index (χ1v) is 8.61. The van der Waals surface area contributed by atoms with Crippen LogP contribution in [0, 0.1) is 0 Å². The zero-order valence-electron chi connectivity index (χ0n) is 15.5. The van der Waals surface area contributed by atoms with E-state index in [-0.39, 0.29) is 12.3 Å². The number of carbonyl (C=O) groups is 2. The summed E-state index contributed by atoms with van der Waals surface area (Å²) in [6, 6.07) is 17.2. The van der Waals surface area contributed by atoms with Crippen LogP contribution in [0.15, 0.2) is 54.6 Å². The smallest absolute Gasteiger partial charge is 0.306 e. The quantitative estimate of drug-likeness (QED) is 0.682. The molecular weight excluding hydrogens is 330 g/mol. The number of ether oxygens (including phenoxy) is 2. The summed E-state index contributed by atoms with van der Waals surface area (Å²) in [5.41, 5.74) is 1.96. The number of benzene rings is 2. The van der Waals surface area contributed by atoms with E-state index < -0.39 is 12.1 Å². The monoisotopic (exact) mass is 355 g/mol. The molecule has 1 unspecified atom stereocenters. The van der Waals surface area contributed by atoms with E-state index in [1.165, 1.54) is 0 Å². The van der Waals surface area contributed by atoms with E-state index in [0.29, 0.717) is 13.0 Å². The van der Waals surface area contributed by atoms with Crippen molar-refractivity contribution in [3.8, 4) is 5.75 Å². The Morgan fingerprint density at radius 2 is 1.69 bits per heavy atom. The second-order valence-corrected chi connectivity index (χ2v) is 6.12. The third-order valence-corrected chi connectivity index (χ3v) is 4.09. The lowest BCUT2D eigenvalue weighted by molar-refractivity contribution is -0.158. The number of hydrogen-bond acceptors (Lipinski definition) is 4. The van der Waals surface area contributed by atoms with Gasteiger partial charge in [0.05, 0.1) is 7.11 Å². The van der Waals surface area contributed by atoms with E-state index in [9.17, 15) is 9.59 Å². The molecule has 1 atom stereocenters. The maximum Gasteiger partial charge on any atom is 0.306 e. The zero-order chi connectivity index (χ0) is 18.9. The van der Waals surface area contributed by atoms with E-state index in [1.807, 2.05) is 54.6 Å². The summed E-state index contributed by atoms with van der Waals surface area (Å²) < 4.78 is 10.6. The molecule has 0 aliphatic heterocycles. The number of aryl methyl sites for hydroxylation is 1. The Hall–Kier alpha value is -2.82. The topological polar surface area (TPSA) is 55.8 Å². The van der Waals surface area contributed by atoms with Crippen molar-refractivity contribution in [2.24, 2.45) is 0 Å². The number of hydrogen-bond donors (Lipinski definition) is 0. The highest BCUT2D eigenvalue weighted by Gasteiger charge is 2.21. The Balaban J connectivity index is 1.83. The van der Waals surface area contributed by atoms with Crippen molar-refractivity contribution in [1.82, 2.24) is 4.90 Å². The molecule has 0 spiro atoms. The van der Waals surface area contributed by atoms with Crippen LogP contribution in [0.4, 0.5) is 0 Å². The number of amides is 1. The lowest BCUT2D eigenvalue weighted by Crippen LogP contribution is -2.37. The third kappa shape index (κ3) is 5.62. The molecule has 0 aliphatic carbocycles. The molecule has 0 fully saturated rings. The van der Waals surface area contributed by atoms with Gasteiger partial charge in [0.15, 0.2) is 6.10 Å². The van der Waals surface area contributed by atoms with Crippen LogP contribution < -0.4 is 4.74 Å². The minimum Gasteiger partial charge on any atom is -0.496 e. The molecule has 0 saturated carbocycles. The first-order valence-electron chi connectivity index (χ1n) is 8.61. The SMILES string of the molecule is COc1ccccc1CCC(=O)OC(C)C(=O)N(C)Cc1ccccc1. The van der Waals surface area contributed by atoms with E-state index in [1.54, 1.807) is 26.0 Å². The highest BCUT2D eigenvalue weighted by Crippen LogP contribution is 2.19. The summed E-state index contributed by atoms with van der Waals surface area (Å²) in [6.45, 7) is 2.08. The van der Waals surface area contributed by atoms with Crippen LogP contribution in [0.3, 0.4) is 0 Å². The van der Waals surface area contributed by atoms with Crippen molar-refractivity contribution < 1.29 is 19.1 Å². The summed E-state index contributed by atoms with van der Waals surface area (Å²) >= 11 is 0. The minimum atomic E-state index is -0.811. The van der Waals surface area contributed by atoms with Gasteiger partial charge in [0, 0.05) is 20.0 Å². The molecule has 0 radical (unpaired) electrons. The van der Waals surface area contributed by atoms with E-state index in [4.69, 9.17) is 9.47 Å². The number of rotatable bonds is 8. The van der Waals surface area contributed by atoms with Crippen molar-refractivity contribution in [2.75, 3.05) is 14.2 Å². The maximum absolute atomic E-state index is 12.4. The molecule has 5 heteroatoms. The van der Waals surface area contributed by atoms with Gasteiger partial charge in [0.25, 0.3) is 5.91 Å². The van der Waals surface area contributed by atoms with Crippen LogP contribution in [0.25, 0.3) is 0 Å². The average Bonchev–Trinajstić information content (AvgIpc) is 2.66. The number of nitrogens with zero attached hydrogens (tertiary/aromatic N) is 1. The fourth-order valence-corrected chi connectivity index (χ4v) is 2.70. The summed E-state index contributed by atoms with van der Waals surface area (Å²) in [7, 11) is 3.30. The lowest BCUT2D eigenvalue weighted by atomic mass is 10.1. The Kier molecular flexibility index (Phi) is 7.21. The van der Waals surface area contributed by atoms with Crippen LogP contribution >= 0.6 is 0 Å². The molecule has 5 nitrogen and oxygen atoms in total. The summed E-state index contributed by atoms with van der Waals surface area (Å²) in [6.07, 6.45) is -0.113. The molecule has 0 saturated heterocycles. The van der Waals surface area contributed by atoms with Gasteiger partial charge in [-0.1, -0.05) is 48.5 Å². The Morgan fingerprint density at radius 1 is 1.04 bits per heavy atom. The molecule has 2 aromatic carbocycles. The van der Waals surface area contributed by atoms with Gasteiger partial charge in [-0.05, 0) is 30.5 Å². The van der Waals surface area contributed by atoms with E-state index in [0.717, 1.165) is 16.9 Å². The van der Waals surface area contributed by atoms with Crippen molar-refractivity contribution >= 4 is 11.9 Å². The second-order valence-electron chi connectivity index (χ2n) is 6.12. The summed E-state index contributed by atoms with van der Waals surface area (Å²) in [4.78, 5) is 26.0. The minimum absolute atomic E-state index is 0.195. The van der Waals surface area contributed by atoms with E-state index in [2.05, 4.69) is 0 Å². The molecule has 0 heterocycles. The van der Waals surface area contributed by atoms with Crippen molar-refractivity contribution in [1.29, 1.82) is 0 Å². The van der Waals surface area contributed by atoms with Crippen molar-refractivity contribution in [3.05, 3.63) is 65.7 Å². The van der Waals surface area contributed by atoms with E-state index >= 15 is 0 Å². The first kappa shape index (κ1) is 19.5. The van der Waals surface area contributed by atoms with Crippen LogP contribution in [0.5, 0.6) is 5.75 Å². The molecule has 0 aromatic heterocycles. The van der Waals surface area contributed by atoms with Crippen molar-refractivity contribution in [3.63, 3.8) is 0 Å². The molecule has 2 rings (SSSR count). The number of esters is 1. The Morgan fingerprint density at radius 3 is 2.38 bits per heavy atom. The standard InChI is InChI=1S/C21H25NO4/c1-16(21(24)22(2)15-17-9-5-4-6-10-17)26-20(23)14-13-18-11-7-8-12-19(18)25-3/h4-12,16H,13-15H2,1-3H3. The predicted molar refractivity (Wildman–Crippen MR) is 99.8 cm³/mol. The Labute approximate surface area is 154 Å². The summed E-state index contributed by atoms with van der Waals surface area (Å²) in [5, 5.41) is 0. The lowest BCUT2D eigenvalue weighted by Gasteiger charge is -2.21. The van der Waals surface area contributed by atoms with Crippen LogP contribution in [0.1, 0.15) is 24.5 Å². The number of carbonyl (C=O) groups excluding carboxylic acids is 2. The summed E-state index contributed by atoms with van der Waals surface area (Å²) in [5.74, 6) is 0.122. The van der Waals surface area contributed by atoms with Gasteiger partial charge in [0.2, 0.25) is 0 Å². The van der Waals surface area contributed by atoms with Gasteiger partial charge >= 0.3 is 5.97 Å². The highest BCUT2D eigenvalue weighted by molar-refractivity contribution is 5.83. The Bertz CT molecular complexity index is 730. The normalized spacial score (nSPS) is 11.5. The molecular formula is C21H25NO4. The van der Waals surface area contributed by atoms with Gasteiger partial charge in [-0.3, -0.25) is 9.59 Å². The highest BCUT2D eigenvalue weighted by atomic mass is 16.5. The number of methoxy groups -OCH3 is 1. The van der Waals surface area contributed by atoms with Crippen molar-refractivity contribution in [2.45, 2.75) is 32.4 Å². The molecule has 2 aromatic rings. The fraction of sp³-hybridized carbons (Fsp3) is 0.333. The molecule has 26 heavy (non-hydrogen) atoms. The molecule has 0 aliphatic rings. The largest absolute Gasteiger partial charge is 0.496 e. The fourth-order valence-electron chi connectivity index (χ4n) is 2.70. The number of likely N-dealkylation sites (N-methyl/N-ethyl adjacent to an activating group) is 1. The van der Waals surface area contributed by atoms with Crippen LogP contribution in [0.2, 0.25) is 0 Å². The van der Waals surface area contributed by atoms with Crippen LogP contribution in [-0.2, 0) is 27.3 Å². The third-order valence-electron chi connectivity index (χ3n) is 4.09. The van der Waals surface area contributed by atoms with Gasteiger partial charge in [-0.25, -0.2) is 0 Å². The number of para-hydroxylation sites is 1. The molecule has 138 valence electrons. The van der Waals surface area contributed by atoms with Gasteiger partial charge in [-0.15, -0.1) is 0 Å². The first-order chi connectivity index (χ1) is 12.5. The molecule has 1 amide bonds. The van der Waals surface area contributed by atoms with Gasteiger partial charge < -0.3 is 14.4 Å². The average molecular weight is 355 g/mol. The predicted octanol–water partition coefficient (Wildman–Crippen LogP) is 3.22. The van der Waals surface area contributed by atoms with Crippen LogP contribution in [-0.4, -0.2) is 37.0 Å².